The summed E-state index contributed by atoms with van der Waals surface area (Å²) in [7, 11) is 1.62. The molecule has 1 unspecified atom stereocenters. The van der Waals surface area contributed by atoms with Gasteiger partial charge in [0, 0.05) is 18.7 Å². The van der Waals surface area contributed by atoms with Gasteiger partial charge in [-0.15, -0.1) is 0 Å². The van der Waals surface area contributed by atoms with Crippen molar-refractivity contribution >= 4 is 28.9 Å². The largest absolute Gasteiger partial charge is 0.385 e. The first-order chi connectivity index (χ1) is 7.70. The third-order valence-corrected chi connectivity index (χ3v) is 2.73. The predicted molar refractivity (Wildman–Crippen MR) is 64.0 cm³/mol. The fourth-order valence-corrected chi connectivity index (χ4v) is 1.83. The number of halogens is 1. The monoisotopic (exact) mass is 240 g/mol. The lowest BCUT2D eigenvalue weighted by Gasteiger charge is -2.26. The van der Waals surface area contributed by atoms with E-state index in [0.717, 1.165) is 11.4 Å². The Morgan fingerprint density at radius 1 is 1.44 bits per heavy atom. The van der Waals surface area contributed by atoms with Gasteiger partial charge in [0.05, 0.1) is 11.4 Å². The van der Waals surface area contributed by atoms with E-state index in [-0.39, 0.29) is 11.9 Å². The van der Waals surface area contributed by atoms with Crippen LogP contribution < -0.4 is 10.6 Å². The minimum Gasteiger partial charge on any atom is -0.385 e. The molecule has 4 nitrogen and oxygen atoms in total. The number of hydrogen-bond acceptors (Lipinski definition) is 3. The van der Waals surface area contributed by atoms with Gasteiger partial charge in [-0.2, -0.15) is 0 Å². The standard InChI is InChI=1S/C11H13ClN2O2/c1-16-5-4-9-11(15)14-10-6-7(12)2-3-8(10)13-9/h2-3,6,9,13H,4-5H2,1H3,(H,14,15). The van der Waals surface area contributed by atoms with Crippen LogP contribution >= 0.6 is 11.6 Å². The topological polar surface area (TPSA) is 50.4 Å². The molecule has 0 bridgehead atoms. The average Bonchev–Trinajstić information content (AvgIpc) is 2.26. The van der Waals surface area contributed by atoms with E-state index >= 15 is 0 Å². The lowest BCUT2D eigenvalue weighted by molar-refractivity contribution is -0.117. The Labute approximate surface area is 98.9 Å². The van der Waals surface area contributed by atoms with Crippen molar-refractivity contribution in [2.45, 2.75) is 12.5 Å². The molecule has 1 aliphatic rings. The van der Waals surface area contributed by atoms with Gasteiger partial charge in [-0.25, -0.2) is 0 Å². The average molecular weight is 241 g/mol. The molecule has 1 heterocycles. The predicted octanol–water partition coefficient (Wildman–Crippen LogP) is 2.11. The van der Waals surface area contributed by atoms with Crippen molar-refractivity contribution in [1.82, 2.24) is 0 Å². The van der Waals surface area contributed by atoms with Crippen LogP contribution in [-0.4, -0.2) is 25.7 Å². The molecule has 2 rings (SSSR count). The van der Waals surface area contributed by atoms with Gasteiger partial charge in [-0.3, -0.25) is 4.79 Å². The number of rotatable bonds is 3. The quantitative estimate of drug-likeness (QED) is 0.851. The van der Waals surface area contributed by atoms with Crippen molar-refractivity contribution in [2.75, 3.05) is 24.4 Å². The molecule has 0 radical (unpaired) electrons. The summed E-state index contributed by atoms with van der Waals surface area (Å²) in [6.07, 6.45) is 0.643. The van der Waals surface area contributed by atoms with Crippen molar-refractivity contribution < 1.29 is 9.53 Å². The minimum absolute atomic E-state index is 0.0492. The molecule has 0 spiro atoms. The summed E-state index contributed by atoms with van der Waals surface area (Å²) in [5.74, 6) is -0.0492. The number of hydrogen-bond donors (Lipinski definition) is 2. The zero-order chi connectivity index (χ0) is 11.5. The highest BCUT2D eigenvalue weighted by molar-refractivity contribution is 6.31. The molecule has 1 aliphatic heterocycles. The number of nitrogens with one attached hydrogen (secondary N) is 2. The molecule has 0 aromatic heterocycles. The van der Waals surface area contributed by atoms with Crippen molar-refractivity contribution in [3.05, 3.63) is 23.2 Å². The Hall–Kier alpha value is -1.26. The molecule has 0 saturated heterocycles. The molecule has 1 atom stereocenters. The number of fused-ring (bicyclic) bond motifs is 1. The molecule has 1 aromatic rings. The third kappa shape index (κ3) is 2.28. The van der Waals surface area contributed by atoms with E-state index in [1.54, 1.807) is 19.2 Å². The summed E-state index contributed by atoms with van der Waals surface area (Å²) >= 11 is 5.85. The SMILES string of the molecule is COCCC1Nc2ccc(Cl)cc2NC1=O. The van der Waals surface area contributed by atoms with Gasteiger partial charge < -0.3 is 15.4 Å². The number of methoxy groups -OCH3 is 1. The Balaban J connectivity index is 2.15. The van der Waals surface area contributed by atoms with E-state index in [1.807, 2.05) is 6.07 Å². The van der Waals surface area contributed by atoms with Crippen LogP contribution in [0.2, 0.25) is 5.02 Å². The van der Waals surface area contributed by atoms with Gasteiger partial charge in [0.15, 0.2) is 0 Å². The highest BCUT2D eigenvalue weighted by Gasteiger charge is 2.24. The Morgan fingerprint density at radius 3 is 3.00 bits per heavy atom. The van der Waals surface area contributed by atoms with Crippen LogP contribution in [0.3, 0.4) is 0 Å². The summed E-state index contributed by atoms with van der Waals surface area (Å²) in [6, 6.07) is 5.14. The fraction of sp³-hybridized carbons (Fsp3) is 0.364. The van der Waals surface area contributed by atoms with Crippen molar-refractivity contribution in [3.8, 4) is 0 Å². The second-order valence-corrected chi connectivity index (χ2v) is 4.09. The fourth-order valence-electron chi connectivity index (χ4n) is 1.66. The first-order valence-electron chi connectivity index (χ1n) is 5.06. The van der Waals surface area contributed by atoms with Crippen molar-refractivity contribution in [2.24, 2.45) is 0 Å². The smallest absolute Gasteiger partial charge is 0.247 e. The van der Waals surface area contributed by atoms with Gasteiger partial charge in [0.1, 0.15) is 6.04 Å². The zero-order valence-electron chi connectivity index (χ0n) is 8.92. The van der Waals surface area contributed by atoms with E-state index in [4.69, 9.17) is 16.3 Å². The number of carbonyl (C=O) groups is 1. The summed E-state index contributed by atoms with van der Waals surface area (Å²) in [5, 5.41) is 6.58. The molecule has 0 fully saturated rings. The third-order valence-electron chi connectivity index (χ3n) is 2.50. The Kier molecular flexibility index (Phi) is 3.31. The Bertz CT molecular complexity index is 409. The molecular formula is C11H13ClN2O2. The normalized spacial score (nSPS) is 18.6. The lowest BCUT2D eigenvalue weighted by atomic mass is 10.1. The molecule has 1 aromatic carbocycles. The van der Waals surface area contributed by atoms with E-state index in [1.165, 1.54) is 0 Å². The van der Waals surface area contributed by atoms with Crippen LogP contribution in [0.15, 0.2) is 18.2 Å². The lowest BCUT2D eigenvalue weighted by Crippen LogP contribution is -2.39. The molecule has 86 valence electrons. The molecule has 5 heteroatoms. The summed E-state index contributed by atoms with van der Waals surface area (Å²) in [4.78, 5) is 11.7. The zero-order valence-corrected chi connectivity index (χ0v) is 9.67. The van der Waals surface area contributed by atoms with Gasteiger partial charge in [-0.1, -0.05) is 11.6 Å². The van der Waals surface area contributed by atoms with E-state index in [2.05, 4.69) is 10.6 Å². The molecule has 0 saturated carbocycles. The molecule has 2 N–H and O–H groups in total. The van der Waals surface area contributed by atoms with Crippen molar-refractivity contribution in [3.63, 3.8) is 0 Å². The van der Waals surface area contributed by atoms with Crippen LogP contribution in [0, 0.1) is 0 Å². The van der Waals surface area contributed by atoms with Gasteiger partial charge >= 0.3 is 0 Å². The number of amides is 1. The van der Waals surface area contributed by atoms with Crippen LogP contribution in [-0.2, 0) is 9.53 Å². The minimum atomic E-state index is -0.242. The number of benzene rings is 1. The molecule has 0 aliphatic carbocycles. The maximum absolute atomic E-state index is 11.7. The highest BCUT2D eigenvalue weighted by atomic mass is 35.5. The number of anilines is 2. The number of carbonyl (C=O) groups excluding carboxylic acids is 1. The van der Waals surface area contributed by atoms with Gasteiger partial charge in [0.2, 0.25) is 5.91 Å². The van der Waals surface area contributed by atoms with Gasteiger partial charge in [-0.05, 0) is 24.6 Å². The Morgan fingerprint density at radius 2 is 2.25 bits per heavy atom. The number of ether oxygens (including phenoxy) is 1. The molecule has 16 heavy (non-hydrogen) atoms. The maximum atomic E-state index is 11.7. The van der Waals surface area contributed by atoms with Crippen LogP contribution in [0.1, 0.15) is 6.42 Å². The van der Waals surface area contributed by atoms with Crippen LogP contribution in [0.25, 0.3) is 0 Å². The van der Waals surface area contributed by atoms with Gasteiger partial charge in [0.25, 0.3) is 0 Å². The van der Waals surface area contributed by atoms with E-state index in [9.17, 15) is 4.79 Å². The maximum Gasteiger partial charge on any atom is 0.247 e. The van der Waals surface area contributed by atoms with E-state index < -0.39 is 0 Å². The second-order valence-electron chi connectivity index (χ2n) is 3.66. The summed E-state index contributed by atoms with van der Waals surface area (Å²) in [5.41, 5.74) is 1.62. The van der Waals surface area contributed by atoms with Crippen LogP contribution in [0.5, 0.6) is 0 Å². The first kappa shape index (κ1) is 11.2. The highest BCUT2D eigenvalue weighted by Crippen LogP contribution is 2.30. The summed E-state index contributed by atoms with van der Waals surface area (Å²) < 4.78 is 4.96. The molecule has 1 amide bonds. The summed E-state index contributed by atoms with van der Waals surface area (Å²) in [6.45, 7) is 0.550. The molecular weight excluding hydrogens is 228 g/mol. The first-order valence-corrected chi connectivity index (χ1v) is 5.44. The van der Waals surface area contributed by atoms with Crippen LogP contribution in [0.4, 0.5) is 11.4 Å². The second kappa shape index (κ2) is 4.72. The van der Waals surface area contributed by atoms with E-state index in [0.29, 0.717) is 18.1 Å². The van der Waals surface area contributed by atoms with Crippen molar-refractivity contribution in [1.29, 1.82) is 0 Å².